The number of hydrogen-bond acceptors (Lipinski definition) is 5. The summed E-state index contributed by atoms with van der Waals surface area (Å²) in [6, 6.07) is 11.2. The molecule has 3 saturated heterocycles. The predicted octanol–water partition coefficient (Wildman–Crippen LogP) is 1.65. The van der Waals surface area contributed by atoms with Crippen molar-refractivity contribution in [2.45, 2.75) is 51.2 Å². The van der Waals surface area contributed by atoms with E-state index in [9.17, 15) is 0 Å². The molecule has 7 nitrogen and oxygen atoms in total. The van der Waals surface area contributed by atoms with Crippen LogP contribution in [0.25, 0.3) is 0 Å². The van der Waals surface area contributed by atoms with E-state index in [1.807, 2.05) is 7.05 Å². The Hall–Kier alpha value is -1.67. The number of ether oxygens (including phenoxy) is 2. The number of benzene rings is 1. The highest BCUT2D eigenvalue weighted by Gasteiger charge is 2.41. The van der Waals surface area contributed by atoms with E-state index in [1.54, 1.807) is 0 Å². The van der Waals surface area contributed by atoms with Crippen LogP contribution in [0, 0.1) is 0 Å². The Morgan fingerprint density at radius 1 is 1.10 bits per heavy atom. The fraction of sp³-hybridized carbons (Fsp3) is 0.708. The Balaban J connectivity index is 1.25. The fourth-order valence-electron chi connectivity index (χ4n) is 5.25. The van der Waals surface area contributed by atoms with Gasteiger partial charge in [0.05, 0.1) is 31.0 Å². The minimum absolute atomic E-state index is 0.257. The molecule has 0 spiro atoms. The third-order valence-corrected chi connectivity index (χ3v) is 6.59. The average molecular weight is 430 g/mol. The Labute approximate surface area is 187 Å². The van der Waals surface area contributed by atoms with Gasteiger partial charge in [-0.3, -0.25) is 14.8 Å². The molecule has 3 aliphatic heterocycles. The molecule has 1 aromatic rings. The standard InChI is InChI=1S/C24H39N5O2/c1-19-14-27(15-20(2)31-19)11-7-10-26-24(25-3)29-17-22-23(18-29)30-13-12-28(22)16-21-8-5-4-6-9-21/h4-6,8-9,19-20,22-23H,7,10-18H2,1-3H3,(H,25,26). The number of rotatable bonds is 6. The van der Waals surface area contributed by atoms with Crippen molar-refractivity contribution < 1.29 is 9.47 Å². The van der Waals surface area contributed by atoms with Gasteiger partial charge >= 0.3 is 0 Å². The number of morpholine rings is 2. The SMILES string of the molecule is CN=C(NCCCN1CC(C)OC(C)C1)N1CC2OCCN(Cc3ccccc3)C2C1. The highest BCUT2D eigenvalue weighted by molar-refractivity contribution is 5.80. The number of hydrogen-bond donors (Lipinski definition) is 1. The van der Waals surface area contributed by atoms with E-state index in [0.717, 1.165) is 71.3 Å². The molecule has 7 heteroatoms. The first-order valence-corrected chi connectivity index (χ1v) is 11.9. The molecule has 0 aliphatic carbocycles. The van der Waals surface area contributed by atoms with Gasteiger partial charge in [0, 0.05) is 59.4 Å². The summed E-state index contributed by atoms with van der Waals surface area (Å²) in [5.74, 6) is 1.00. The molecule has 3 heterocycles. The number of likely N-dealkylation sites (tertiary alicyclic amines) is 1. The van der Waals surface area contributed by atoms with Crippen LogP contribution in [0.15, 0.2) is 35.3 Å². The maximum absolute atomic E-state index is 6.14. The second kappa shape index (κ2) is 10.8. The van der Waals surface area contributed by atoms with Gasteiger partial charge in [-0.25, -0.2) is 0 Å². The molecule has 0 aromatic heterocycles. The van der Waals surface area contributed by atoms with Crippen LogP contribution < -0.4 is 5.32 Å². The van der Waals surface area contributed by atoms with Gasteiger partial charge in [-0.1, -0.05) is 30.3 Å². The minimum Gasteiger partial charge on any atom is -0.373 e. The van der Waals surface area contributed by atoms with Crippen LogP contribution in [0.1, 0.15) is 25.8 Å². The van der Waals surface area contributed by atoms with E-state index in [4.69, 9.17) is 9.47 Å². The maximum Gasteiger partial charge on any atom is 0.193 e. The summed E-state index contributed by atoms with van der Waals surface area (Å²) in [4.78, 5) is 12.0. The summed E-state index contributed by atoms with van der Waals surface area (Å²) in [7, 11) is 1.89. The first kappa shape index (κ1) is 22.5. The van der Waals surface area contributed by atoms with Crippen molar-refractivity contribution in [2.24, 2.45) is 4.99 Å². The van der Waals surface area contributed by atoms with E-state index in [1.165, 1.54) is 5.56 Å². The van der Waals surface area contributed by atoms with E-state index >= 15 is 0 Å². The first-order chi connectivity index (χ1) is 15.1. The quantitative estimate of drug-likeness (QED) is 0.422. The molecular weight excluding hydrogens is 390 g/mol. The average Bonchev–Trinajstić information content (AvgIpc) is 3.19. The van der Waals surface area contributed by atoms with Crippen molar-refractivity contribution in [3.63, 3.8) is 0 Å². The van der Waals surface area contributed by atoms with Crippen molar-refractivity contribution >= 4 is 5.96 Å². The summed E-state index contributed by atoms with van der Waals surface area (Å²) in [6.07, 6.45) is 2.02. The van der Waals surface area contributed by atoms with Gasteiger partial charge in [0.25, 0.3) is 0 Å². The molecule has 3 aliphatic rings. The summed E-state index contributed by atoms with van der Waals surface area (Å²) in [5, 5.41) is 3.59. The van der Waals surface area contributed by atoms with E-state index in [-0.39, 0.29) is 6.10 Å². The van der Waals surface area contributed by atoms with Gasteiger partial charge in [-0.15, -0.1) is 0 Å². The minimum atomic E-state index is 0.257. The van der Waals surface area contributed by atoms with E-state index < -0.39 is 0 Å². The number of fused-ring (bicyclic) bond motifs is 1. The van der Waals surface area contributed by atoms with Gasteiger partial charge < -0.3 is 19.7 Å². The van der Waals surface area contributed by atoms with Crippen molar-refractivity contribution in [3.05, 3.63) is 35.9 Å². The van der Waals surface area contributed by atoms with Crippen LogP contribution in [-0.4, -0.2) is 104 Å². The molecule has 4 rings (SSSR count). The van der Waals surface area contributed by atoms with Crippen molar-refractivity contribution in [1.82, 2.24) is 20.0 Å². The number of nitrogens with zero attached hydrogens (tertiary/aromatic N) is 4. The van der Waals surface area contributed by atoms with Gasteiger partial charge in [0.2, 0.25) is 0 Å². The van der Waals surface area contributed by atoms with Crippen LogP contribution in [0.5, 0.6) is 0 Å². The number of nitrogens with one attached hydrogen (secondary N) is 1. The zero-order valence-corrected chi connectivity index (χ0v) is 19.4. The van der Waals surface area contributed by atoms with Gasteiger partial charge in [-0.05, 0) is 25.8 Å². The lowest BCUT2D eigenvalue weighted by Gasteiger charge is -2.36. The van der Waals surface area contributed by atoms with E-state index in [2.05, 4.69) is 69.2 Å². The van der Waals surface area contributed by atoms with Gasteiger partial charge in [0.15, 0.2) is 5.96 Å². The van der Waals surface area contributed by atoms with Crippen LogP contribution in [-0.2, 0) is 16.0 Å². The highest BCUT2D eigenvalue weighted by atomic mass is 16.5. The van der Waals surface area contributed by atoms with Crippen LogP contribution in [0.2, 0.25) is 0 Å². The number of guanidine groups is 1. The fourth-order valence-corrected chi connectivity index (χ4v) is 5.25. The van der Waals surface area contributed by atoms with Gasteiger partial charge in [-0.2, -0.15) is 0 Å². The van der Waals surface area contributed by atoms with Crippen LogP contribution >= 0.6 is 0 Å². The third-order valence-electron chi connectivity index (χ3n) is 6.59. The molecule has 0 bridgehead atoms. The molecule has 3 fully saturated rings. The molecule has 1 N–H and O–H groups in total. The highest BCUT2D eigenvalue weighted by Crippen LogP contribution is 2.24. The number of aliphatic imine (C=N–C) groups is 1. The molecule has 172 valence electrons. The molecule has 0 saturated carbocycles. The van der Waals surface area contributed by atoms with E-state index in [0.29, 0.717) is 18.2 Å². The monoisotopic (exact) mass is 429 g/mol. The smallest absolute Gasteiger partial charge is 0.193 e. The van der Waals surface area contributed by atoms with Crippen molar-refractivity contribution in [3.8, 4) is 0 Å². The Bertz CT molecular complexity index is 705. The van der Waals surface area contributed by atoms with Crippen molar-refractivity contribution in [1.29, 1.82) is 0 Å². The second-order valence-corrected chi connectivity index (χ2v) is 9.18. The van der Waals surface area contributed by atoms with Crippen molar-refractivity contribution in [2.75, 3.05) is 59.5 Å². The van der Waals surface area contributed by atoms with Crippen LogP contribution in [0.4, 0.5) is 0 Å². The summed E-state index contributed by atoms with van der Waals surface area (Å²) < 4.78 is 12.0. The Morgan fingerprint density at radius 2 is 1.87 bits per heavy atom. The summed E-state index contributed by atoms with van der Waals surface area (Å²) in [6.45, 7) is 13.1. The summed E-state index contributed by atoms with van der Waals surface area (Å²) in [5.41, 5.74) is 1.37. The van der Waals surface area contributed by atoms with Gasteiger partial charge in [0.1, 0.15) is 0 Å². The van der Waals surface area contributed by atoms with Crippen LogP contribution in [0.3, 0.4) is 0 Å². The topological polar surface area (TPSA) is 52.6 Å². The lowest BCUT2D eigenvalue weighted by atomic mass is 10.1. The molecule has 1 aromatic carbocycles. The largest absolute Gasteiger partial charge is 0.373 e. The maximum atomic E-state index is 6.14. The lowest BCUT2D eigenvalue weighted by Crippen LogP contribution is -2.50. The third kappa shape index (κ3) is 5.98. The predicted molar refractivity (Wildman–Crippen MR) is 124 cm³/mol. The summed E-state index contributed by atoms with van der Waals surface area (Å²) >= 11 is 0. The molecule has 0 amide bonds. The zero-order valence-electron chi connectivity index (χ0n) is 19.4. The molecular formula is C24H39N5O2. The Morgan fingerprint density at radius 3 is 2.61 bits per heavy atom. The lowest BCUT2D eigenvalue weighted by molar-refractivity contribution is -0.0679. The molecule has 4 atom stereocenters. The first-order valence-electron chi connectivity index (χ1n) is 11.9. The second-order valence-electron chi connectivity index (χ2n) is 9.18. The Kier molecular flexibility index (Phi) is 7.82. The molecule has 31 heavy (non-hydrogen) atoms. The molecule has 4 unspecified atom stereocenters. The zero-order chi connectivity index (χ0) is 21.6. The normalized spacial score (nSPS) is 30.4. The molecule has 0 radical (unpaired) electrons.